The van der Waals surface area contributed by atoms with Crippen molar-refractivity contribution in [1.82, 2.24) is 14.8 Å². The average Bonchev–Trinajstić information content (AvgIpc) is 3.06. The second-order valence-corrected chi connectivity index (χ2v) is 4.77. The van der Waals surface area contributed by atoms with Crippen molar-refractivity contribution in [2.45, 2.75) is 0 Å². The van der Waals surface area contributed by atoms with Crippen molar-refractivity contribution in [2.75, 3.05) is 14.2 Å². The van der Waals surface area contributed by atoms with Crippen molar-refractivity contribution in [3.63, 3.8) is 0 Å². The molecular formula is C17H15N3O3. The maximum Gasteiger partial charge on any atom is 0.213 e. The predicted molar refractivity (Wildman–Crippen MR) is 85.3 cm³/mol. The van der Waals surface area contributed by atoms with Gasteiger partial charge in [0.05, 0.1) is 31.8 Å². The van der Waals surface area contributed by atoms with Crippen molar-refractivity contribution in [3.05, 3.63) is 54.4 Å². The Labute approximate surface area is 133 Å². The standard InChI is InChI=1S/C17H15N3O3/c1-22-15-5-3-4-12(8-15)16-9-13(11-21)19-20(16)14-6-7-17(23-2)18-10-14/h3-11H,1-2H3. The van der Waals surface area contributed by atoms with Crippen LogP contribution in [0, 0.1) is 0 Å². The minimum atomic E-state index is 0.346. The highest BCUT2D eigenvalue weighted by Gasteiger charge is 2.12. The number of methoxy groups -OCH3 is 2. The van der Waals surface area contributed by atoms with Gasteiger partial charge in [-0.05, 0) is 24.3 Å². The molecule has 0 saturated carbocycles. The Balaban J connectivity index is 2.12. The number of carbonyl (C=O) groups excluding carboxylic acids is 1. The SMILES string of the molecule is COc1cccc(-c2cc(C=O)nn2-c2ccc(OC)nc2)c1. The number of carbonyl (C=O) groups is 1. The molecule has 2 heterocycles. The molecule has 0 fully saturated rings. The summed E-state index contributed by atoms with van der Waals surface area (Å²) in [6.45, 7) is 0. The van der Waals surface area contributed by atoms with E-state index in [2.05, 4.69) is 10.1 Å². The van der Waals surface area contributed by atoms with Gasteiger partial charge in [-0.2, -0.15) is 5.10 Å². The lowest BCUT2D eigenvalue weighted by Crippen LogP contribution is -2.01. The zero-order valence-electron chi connectivity index (χ0n) is 12.8. The number of rotatable bonds is 5. The Morgan fingerprint density at radius 3 is 2.61 bits per heavy atom. The summed E-state index contributed by atoms with van der Waals surface area (Å²) in [5.74, 6) is 1.25. The van der Waals surface area contributed by atoms with Crippen LogP contribution >= 0.6 is 0 Å². The van der Waals surface area contributed by atoms with Crippen LogP contribution < -0.4 is 9.47 Å². The van der Waals surface area contributed by atoms with E-state index in [0.29, 0.717) is 11.6 Å². The lowest BCUT2D eigenvalue weighted by atomic mass is 10.1. The van der Waals surface area contributed by atoms with Crippen LogP contribution in [0.4, 0.5) is 0 Å². The maximum atomic E-state index is 11.1. The fourth-order valence-electron chi connectivity index (χ4n) is 2.26. The molecule has 6 heteroatoms. The first-order valence-corrected chi connectivity index (χ1v) is 6.95. The fraction of sp³-hybridized carbons (Fsp3) is 0.118. The van der Waals surface area contributed by atoms with Crippen LogP contribution in [0.5, 0.6) is 11.6 Å². The van der Waals surface area contributed by atoms with Crippen molar-refractivity contribution in [2.24, 2.45) is 0 Å². The highest BCUT2D eigenvalue weighted by atomic mass is 16.5. The number of hydrogen-bond acceptors (Lipinski definition) is 5. The van der Waals surface area contributed by atoms with E-state index in [0.717, 1.165) is 29.0 Å². The molecule has 0 aliphatic carbocycles. The maximum absolute atomic E-state index is 11.1. The summed E-state index contributed by atoms with van der Waals surface area (Å²) in [7, 11) is 3.17. The molecule has 0 amide bonds. The van der Waals surface area contributed by atoms with Crippen LogP contribution in [-0.2, 0) is 0 Å². The van der Waals surface area contributed by atoms with Crippen LogP contribution in [0.2, 0.25) is 0 Å². The summed E-state index contributed by atoms with van der Waals surface area (Å²) in [5.41, 5.74) is 2.74. The van der Waals surface area contributed by atoms with Gasteiger partial charge in [0.25, 0.3) is 0 Å². The zero-order valence-corrected chi connectivity index (χ0v) is 12.8. The summed E-state index contributed by atoms with van der Waals surface area (Å²) >= 11 is 0. The molecule has 6 nitrogen and oxygen atoms in total. The Kier molecular flexibility index (Phi) is 4.05. The second kappa shape index (κ2) is 6.31. The fourth-order valence-corrected chi connectivity index (χ4v) is 2.26. The molecular weight excluding hydrogens is 294 g/mol. The van der Waals surface area contributed by atoms with Gasteiger partial charge in [0.15, 0.2) is 6.29 Å². The first kappa shape index (κ1) is 14.8. The van der Waals surface area contributed by atoms with Gasteiger partial charge in [0, 0.05) is 11.6 Å². The van der Waals surface area contributed by atoms with Gasteiger partial charge in [-0.15, -0.1) is 0 Å². The van der Waals surface area contributed by atoms with E-state index in [9.17, 15) is 4.79 Å². The van der Waals surface area contributed by atoms with E-state index in [4.69, 9.17) is 9.47 Å². The predicted octanol–water partition coefficient (Wildman–Crippen LogP) is 2.76. The highest BCUT2D eigenvalue weighted by molar-refractivity contribution is 5.76. The van der Waals surface area contributed by atoms with E-state index in [1.807, 2.05) is 30.3 Å². The lowest BCUT2D eigenvalue weighted by Gasteiger charge is -2.09. The normalized spacial score (nSPS) is 10.3. The first-order chi connectivity index (χ1) is 11.2. The zero-order chi connectivity index (χ0) is 16.2. The van der Waals surface area contributed by atoms with E-state index in [1.165, 1.54) is 0 Å². The summed E-state index contributed by atoms with van der Waals surface area (Å²) in [5, 5.41) is 4.31. The first-order valence-electron chi connectivity index (χ1n) is 6.95. The number of benzene rings is 1. The minimum absolute atomic E-state index is 0.346. The number of aldehydes is 1. The molecule has 1 aromatic carbocycles. The van der Waals surface area contributed by atoms with E-state index >= 15 is 0 Å². The molecule has 0 radical (unpaired) electrons. The van der Waals surface area contributed by atoms with Crippen molar-refractivity contribution >= 4 is 6.29 Å². The van der Waals surface area contributed by atoms with Gasteiger partial charge in [-0.25, -0.2) is 9.67 Å². The minimum Gasteiger partial charge on any atom is -0.497 e. The number of pyridine rings is 1. The van der Waals surface area contributed by atoms with Crippen LogP contribution in [0.15, 0.2) is 48.7 Å². The van der Waals surface area contributed by atoms with Crippen LogP contribution in [-0.4, -0.2) is 35.3 Å². The Hall–Kier alpha value is -3.15. The molecule has 0 unspecified atom stereocenters. The van der Waals surface area contributed by atoms with Crippen LogP contribution in [0.25, 0.3) is 16.9 Å². The molecule has 2 aromatic heterocycles. The van der Waals surface area contributed by atoms with Gasteiger partial charge < -0.3 is 9.47 Å². The van der Waals surface area contributed by atoms with Gasteiger partial charge in [0.2, 0.25) is 5.88 Å². The molecule has 0 aliphatic rings. The number of ether oxygens (including phenoxy) is 2. The highest BCUT2D eigenvalue weighted by Crippen LogP contribution is 2.27. The number of nitrogens with zero attached hydrogens (tertiary/aromatic N) is 3. The monoisotopic (exact) mass is 309 g/mol. The molecule has 0 bridgehead atoms. The van der Waals surface area contributed by atoms with E-state index in [-0.39, 0.29) is 0 Å². The molecule has 116 valence electrons. The number of hydrogen-bond donors (Lipinski definition) is 0. The third-order valence-corrected chi connectivity index (χ3v) is 3.39. The molecule has 0 aliphatic heterocycles. The smallest absolute Gasteiger partial charge is 0.213 e. The molecule has 0 spiro atoms. The van der Waals surface area contributed by atoms with Gasteiger partial charge in [0.1, 0.15) is 11.4 Å². The van der Waals surface area contributed by atoms with Crippen LogP contribution in [0.1, 0.15) is 10.5 Å². The molecule has 0 N–H and O–H groups in total. The van der Waals surface area contributed by atoms with Gasteiger partial charge in [-0.3, -0.25) is 4.79 Å². The van der Waals surface area contributed by atoms with E-state index < -0.39 is 0 Å². The second-order valence-electron chi connectivity index (χ2n) is 4.77. The molecule has 3 aromatic rings. The van der Waals surface area contributed by atoms with E-state index in [1.54, 1.807) is 37.2 Å². The Bertz CT molecular complexity index is 825. The quantitative estimate of drug-likeness (QED) is 0.678. The summed E-state index contributed by atoms with van der Waals surface area (Å²) < 4.78 is 12.0. The molecule has 23 heavy (non-hydrogen) atoms. The third-order valence-electron chi connectivity index (χ3n) is 3.39. The van der Waals surface area contributed by atoms with Crippen LogP contribution in [0.3, 0.4) is 0 Å². The largest absolute Gasteiger partial charge is 0.497 e. The summed E-state index contributed by atoms with van der Waals surface area (Å²) in [6, 6.07) is 12.9. The Morgan fingerprint density at radius 2 is 1.96 bits per heavy atom. The third kappa shape index (κ3) is 2.91. The van der Waals surface area contributed by atoms with Crippen molar-refractivity contribution in [1.29, 1.82) is 0 Å². The molecule has 3 rings (SSSR count). The average molecular weight is 309 g/mol. The van der Waals surface area contributed by atoms with Crippen molar-refractivity contribution < 1.29 is 14.3 Å². The number of aromatic nitrogens is 3. The summed E-state index contributed by atoms with van der Waals surface area (Å²) in [4.78, 5) is 15.3. The lowest BCUT2D eigenvalue weighted by molar-refractivity contribution is 0.111. The summed E-state index contributed by atoms with van der Waals surface area (Å²) in [6.07, 6.45) is 2.36. The topological polar surface area (TPSA) is 66.2 Å². The molecule has 0 saturated heterocycles. The van der Waals surface area contributed by atoms with Gasteiger partial charge >= 0.3 is 0 Å². The van der Waals surface area contributed by atoms with Crippen molar-refractivity contribution in [3.8, 4) is 28.6 Å². The molecule has 0 atom stereocenters. The van der Waals surface area contributed by atoms with Gasteiger partial charge in [-0.1, -0.05) is 12.1 Å². The Morgan fingerprint density at radius 1 is 1.09 bits per heavy atom.